The summed E-state index contributed by atoms with van der Waals surface area (Å²) in [5.74, 6) is -0.911. The number of pyridine rings is 1. The Morgan fingerprint density at radius 3 is 2.83 bits per heavy atom. The van der Waals surface area contributed by atoms with E-state index in [1.807, 2.05) is 19.2 Å². The number of rotatable bonds is 3. The summed E-state index contributed by atoms with van der Waals surface area (Å²) >= 11 is 0. The van der Waals surface area contributed by atoms with Crippen LogP contribution < -0.4 is 5.32 Å². The maximum atomic E-state index is 11.8. The second-order valence-electron chi connectivity index (χ2n) is 4.24. The van der Waals surface area contributed by atoms with E-state index in [0.29, 0.717) is 19.6 Å². The predicted molar refractivity (Wildman–Crippen MR) is 66.8 cm³/mol. The highest BCUT2D eigenvalue weighted by atomic mass is 16.2. The van der Waals surface area contributed by atoms with Crippen molar-refractivity contribution in [2.24, 2.45) is 0 Å². The molecule has 0 radical (unpaired) electrons. The first kappa shape index (κ1) is 12.3. The van der Waals surface area contributed by atoms with Crippen molar-refractivity contribution in [3.63, 3.8) is 0 Å². The molecule has 1 aliphatic heterocycles. The van der Waals surface area contributed by atoms with Crippen LogP contribution in [0.5, 0.6) is 0 Å². The van der Waals surface area contributed by atoms with Gasteiger partial charge in [-0.1, -0.05) is 0 Å². The number of anilines is 1. The number of nitrogens with one attached hydrogen (secondary N) is 1. The van der Waals surface area contributed by atoms with E-state index in [1.165, 1.54) is 9.80 Å². The summed E-state index contributed by atoms with van der Waals surface area (Å²) < 4.78 is 0. The number of piperazine rings is 1. The van der Waals surface area contributed by atoms with E-state index in [0.717, 1.165) is 11.4 Å². The molecule has 0 spiro atoms. The van der Waals surface area contributed by atoms with Crippen LogP contribution in [-0.2, 0) is 16.1 Å². The molecule has 2 amide bonds. The van der Waals surface area contributed by atoms with Gasteiger partial charge in [0.1, 0.15) is 0 Å². The first-order valence-electron chi connectivity index (χ1n) is 5.79. The molecule has 1 fully saturated rings. The van der Waals surface area contributed by atoms with Crippen molar-refractivity contribution >= 4 is 17.5 Å². The van der Waals surface area contributed by atoms with E-state index in [-0.39, 0.29) is 0 Å². The Balaban J connectivity index is 2.09. The van der Waals surface area contributed by atoms with Crippen LogP contribution in [0.15, 0.2) is 18.3 Å². The van der Waals surface area contributed by atoms with Gasteiger partial charge in [-0.05, 0) is 12.1 Å². The molecule has 0 saturated carbocycles. The van der Waals surface area contributed by atoms with Gasteiger partial charge in [0.05, 0.1) is 12.2 Å². The molecule has 0 aliphatic carbocycles. The molecule has 1 aliphatic rings. The quantitative estimate of drug-likeness (QED) is 0.760. The highest BCUT2D eigenvalue weighted by Crippen LogP contribution is 2.11. The first-order chi connectivity index (χ1) is 8.61. The molecular formula is C12H16N4O2. The molecule has 96 valence electrons. The van der Waals surface area contributed by atoms with Crippen molar-refractivity contribution in [3.05, 3.63) is 24.0 Å². The summed E-state index contributed by atoms with van der Waals surface area (Å²) in [6.45, 7) is 1.48. The Bertz CT molecular complexity index is 475. The van der Waals surface area contributed by atoms with E-state index < -0.39 is 11.8 Å². The average Bonchev–Trinajstić information content (AvgIpc) is 2.40. The van der Waals surface area contributed by atoms with Gasteiger partial charge in [-0.3, -0.25) is 14.6 Å². The lowest BCUT2D eigenvalue weighted by atomic mass is 10.2. The van der Waals surface area contributed by atoms with Crippen molar-refractivity contribution in [1.29, 1.82) is 0 Å². The van der Waals surface area contributed by atoms with Crippen LogP contribution in [0.4, 0.5) is 5.69 Å². The zero-order chi connectivity index (χ0) is 13.1. The van der Waals surface area contributed by atoms with E-state index in [9.17, 15) is 9.59 Å². The molecule has 0 unspecified atom stereocenters. The Kier molecular flexibility index (Phi) is 3.45. The molecule has 1 N–H and O–H groups in total. The molecule has 0 aromatic carbocycles. The lowest BCUT2D eigenvalue weighted by molar-refractivity contribution is -0.155. The topological polar surface area (TPSA) is 65.5 Å². The number of hydrogen-bond donors (Lipinski definition) is 1. The van der Waals surface area contributed by atoms with E-state index in [4.69, 9.17) is 0 Å². The minimum absolute atomic E-state index is 0.369. The van der Waals surface area contributed by atoms with Crippen molar-refractivity contribution < 1.29 is 9.59 Å². The van der Waals surface area contributed by atoms with Gasteiger partial charge < -0.3 is 15.1 Å². The summed E-state index contributed by atoms with van der Waals surface area (Å²) in [5.41, 5.74) is 1.71. The molecule has 2 rings (SSSR count). The third-order valence-corrected chi connectivity index (χ3v) is 2.98. The fourth-order valence-corrected chi connectivity index (χ4v) is 1.84. The summed E-state index contributed by atoms with van der Waals surface area (Å²) in [5, 5.41) is 3.01. The van der Waals surface area contributed by atoms with Gasteiger partial charge in [0.25, 0.3) is 0 Å². The van der Waals surface area contributed by atoms with Gasteiger partial charge in [-0.25, -0.2) is 0 Å². The lowest BCUT2D eigenvalue weighted by Gasteiger charge is -2.31. The van der Waals surface area contributed by atoms with Crippen molar-refractivity contribution in [3.8, 4) is 0 Å². The third kappa shape index (κ3) is 2.42. The number of carbonyl (C=O) groups excluding carboxylic acids is 2. The lowest BCUT2D eigenvalue weighted by Crippen LogP contribution is -2.52. The zero-order valence-corrected chi connectivity index (χ0v) is 10.5. The van der Waals surface area contributed by atoms with Crippen molar-refractivity contribution in [1.82, 2.24) is 14.8 Å². The molecule has 1 saturated heterocycles. The minimum Gasteiger partial charge on any atom is -0.388 e. The zero-order valence-electron chi connectivity index (χ0n) is 10.5. The highest BCUT2D eigenvalue weighted by Gasteiger charge is 2.30. The first-order valence-corrected chi connectivity index (χ1v) is 5.79. The molecule has 1 aromatic heterocycles. The summed E-state index contributed by atoms with van der Waals surface area (Å²) in [7, 11) is 3.46. The minimum atomic E-state index is -0.458. The molecular weight excluding hydrogens is 232 g/mol. The van der Waals surface area contributed by atoms with Crippen LogP contribution in [0, 0.1) is 0 Å². The SMILES string of the molecule is CNc1ccnc(CN2CCN(C)C(=O)C2=O)c1. The fourth-order valence-electron chi connectivity index (χ4n) is 1.84. The van der Waals surface area contributed by atoms with Crippen molar-refractivity contribution in [2.45, 2.75) is 6.54 Å². The van der Waals surface area contributed by atoms with Crippen LogP contribution in [-0.4, -0.2) is 53.8 Å². The monoisotopic (exact) mass is 248 g/mol. The summed E-state index contributed by atoms with van der Waals surface area (Å²) in [4.78, 5) is 30.5. The Morgan fingerprint density at radius 1 is 1.33 bits per heavy atom. The van der Waals surface area contributed by atoms with Gasteiger partial charge in [0.15, 0.2) is 0 Å². The molecule has 0 atom stereocenters. The number of likely N-dealkylation sites (N-methyl/N-ethyl adjacent to an activating group) is 1. The number of amides is 2. The van der Waals surface area contributed by atoms with Gasteiger partial charge in [-0.2, -0.15) is 0 Å². The van der Waals surface area contributed by atoms with Crippen LogP contribution in [0.1, 0.15) is 5.69 Å². The third-order valence-electron chi connectivity index (χ3n) is 2.98. The average molecular weight is 248 g/mol. The Hall–Kier alpha value is -2.11. The fraction of sp³-hybridized carbons (Fsp3) is 0.417. The largest absolute Gasteiger partial charge is 0.388 e. The van der Waals surface area contributed by atoms with E-state index >= 15 is 0 Å². The van der Waals surface area contributed by atoms with Gasteiger partial charge in [0, 0.05) is 39.1 Å². The standard InChI is InChI=1S/C12H16N4O2/c1-13-9-3-4-14-10(7-9)8-16-6-5-15(2)11(17)12(16)18/h3-4,7H,5-6,8H2,1-2H3,(H,13,14). The molecule has 0 bridgehead atoms. The van der Waals surface area contributed by atoms with Crippen LogP contribution in [0.25, 0.3) is 0 Å². The van der Waals surface area contributed by atoms with Crippen LogP contribution in [0.2, 0.25) is 0 Å². The maximum Gasteiger partial charge on any atom is 0.312 e. The number of aromatic nitrogens is 1. The second kappa shape index (κ2) is 5.03. The Morgan fingerprint density at radius 2 is 2.11 bits per heavy atom. The summed E-state index contributed by atoms with van der Waals surface area (Å²) in [6.07, 6.45) is 1.68. The molecule has 2 heterocycles. The second-order valence-corrected chi connectivity index (χ2v) is 4.24. The maximum absolute atomic E-state index is 11.8. The molecule has 18 heavy (non-hydrogen) atoms. The van der Waals surface area contributed by atoms with E-state index in [1.54, 1.807) is 13.2 Å². The summed E-state index contributed by atoms with van der Waals surface area (Å²) in [6, 6.07) is 3.72. The van der Waals surface area contributed by atoms with Gasteiger partial charge in [0.2, 0.25) is 0 Å². The number of nitrogens with zero attached hydrogens (tertiary/aromatic N) is 3. The van der Waals surface area contributed by atoms with Gasteiger partial charge in [-0.15, -0.1) is 0 Å². The highest BCUT2D eigenvalue weighted by molar-refractivity contribution is 6.35. The molecule has 6 heteroatoms. The van der Waals surface area contributed by atoms with E-state index in [2.05, 4.69) is 10.3 Å². The number of carbonyl (C=O) groups is 2. The normalized spacial score (nSPS) is 16.1. The molecule has 6 nitrogen and oxygen atoms in total. The van der Waals surface area contributed by atoms with Crippen molar-refractivity contribution in [2.75, 3.05) is 32.5 Å². The number of hydrogen-bond acceptors (Lipinski definition) is 4. The van der Waals surface area contributed by atoms with Crippen LogP contribution in [0.3, 0.4) is 0 Å². The molecule has 1 aromatic rings. The predicted octanol–water partition coefficient (Wildman–Crippen LogP) is -0.0761. The Labute approximate surface area is 106 Å². The van der Waals surface area contributed by atoms with Gasteiger partial charge >= 0.3 is 11.8 Å². The van der Waals surface area contributed by atoms with Crippen LogP contribution >= 0.6 is 0 Å². The smallest absolute Gasteiger partial charge is 0.312 e.